The topological polar surface area (TPSA) is 132 Å². The van der Waals surface area contributed by atoms with E-state index in [2.05, 4.69) is 4.98 Å². The van der Waals surface area contributed by atoms with Gasteiger partial charge in [-0.3, -0.25) is 24.5 Å². The van der Waals surface area contributed by atoms with Crippen LogP contribution >= 0.6 is 34.7 Å². The van der Waals surface area contributed by atoms with Crippen LogP contribution < -0.4 is 19.2 Å². The number of rotatable bonds is 7. The molecule has 0 radical (unpaired) electrons. The van der Waals surface area contributed by atoms with E-state index in [1.807, 2.05) is 0 Å². The van der Waals surface area contributed by atoms with Gasteiger partial charge < -0.3 is 14.5 Å². The van der Waals surface area contributed by atoms with Crippen molar-refractivity contribution in [3.63, 3.8) is 0 Å². The number of benzene rings is 3. The van der Waals surface area contributed by atoms with Crippen molar-refractivity contribution in [3.05, 3.63) is 108 Å². The highest BCUT2D eigenvalue weighted by Crippen LogP contribution is 2.55. The van der Waals surface area contributed by atoms with E-state index < -0.39 is 33.8 Å². The smallest absolute Gasteiger partial charge is 0.305 e. The van der Waals surface area contributed by atoms with Gasteiger partial charge in [-0.25, -0.2) is 4.90 Å². The van der Waals surface area contributed by atoms with Gasteiger partial charge in [0.05, 0.1) is 28.7 Å². The summed E-state index contributed by atoms with van der Waals surface area (Å²) < 4.78 is 11.3. The lowest BCUT2D eigenvalue weighted by atomic mass is 9.82. The number of carbonyl (C=O) groups is 2. The number of nitro groups is 1. The van der Waals surface area contributed by atoms with Crippen LogP contribution in [0, 0.1) is 16.0 Å². The van der Waals surface area contributed by atoms with E-state index in [4.69, 9.17) is 21.1 Å². The van der Waals surface area contributed by atoms with Gasteiger partial charge >= 0.3 is 4.87 Å². The minimum absolute atomic E-state index is 0.124. The number of aromatic nitrogens is 1. The maximum absolute atomic E-state index is 14.0. The molecule has 13 heteroatoms. The van der Waals surface area contributed by atoms with Crippen LogP contribution in [0.3, 0.4) is 0 Å². The molecule has 4 aromatic rings. The third-order valence-corrected chi connectivity index (χ3v) is 9.65. The highest BCUT2D eigenvalue weighted by atomic mass is 35.5. The number of nitro benzene ring substituents is 1. The lowest BCUT2D eigenvalue weighted by Gasteiger charge is -2.30. The number of hydrogen-bond donors (Lipinski definition) is 1. The van der Waals surface area contributed by atoms with Crippen LogP contribution in [-0.4, -0.2) is 34.1 Å². The lowest BCUT2D eigenvalue weighted by Crippen LogP contribution is -2.32. The number of aromatic amines is 1. The number of halogens is 1. The molecule has 1 N–H and O–H groups in total. The summed E-state index contributed by atoms with van der Waals surface area (Å²) in [6, 6.07) is 17.7. The number of amides is 2. The molecule has 1 fully saturated rings. The van der Waals surface area contributed by atoms with Crippen molar-refractivity contribution in [2.75, 3.05) is 12.0 Å². The number of carbonyl (C=O) groups excluding carboxylic acids is 2. The van der Waals surface area contributed by atoms with Crippen molar-refractivity contribution in [2.24, 2.45) is 5.92 Å². The molecule has 1 saturated heterocycles. The van der Waals surface area contributed by atoms with Crippen LogP contribution in [0.2, 0.25) is 5.02 Å². The van der Waals surface area contributed by atoms with Crippen molar-refractivity contribution < 1.29 is 24.0 Å². The molecule has 3 atom stereocenters. The third kappa shape index (κ3) is 4.88. The van der Waals surface area contributed by atoms with Crippen LogP contribution in [0.5, 0.6) is 11.5 Å². The molecular formula is C28H20ClN3O7S2. The molecule has 6 rings (SSSR count). The van der Waals surface area contributed by atoms with Crippen LogP contribution in [0.25, 0.3) is 0 Å². The standard InChI is InChI=1S/C28H20ClN3O7S2/c1-38-18-9-6-16(7-10-18)31-26(33)22-21(23-25(30-28(35)41-23)40-24(22)27(31)34)19-12-17(32(36)37)8-11-20(19)39-13-14-2-4-15(29)5-3-14/h2-12,21-22,24H,13H2,1H3,(H,30,35)/t21-,22?,24?/m1/s1. The van der Waals surface area contributed by atoms with Crippen molar-refractivity contribution in [2.45, 2.75) is 22.8 Å². The van der Waals surface area contributed by atoms with Crippen molar-refractivity contribution in [3.8, 4) is 11.5 Å². The molecule has 0 bridgehead atoms. The van der Waals surface area contributed by atoms with Crippen LogP contribution in [0.15, 0.2) is 76.6 Å². The number of hydrogen-bond acceptors (Lipinski definition) is 9. The van der Waals surface area contributed by atoms with Gasteiger partial charge in [0.15, 0.2) is 0 Å². The molecule has 2 amide bonds. The first kappa shape index (κ1) is 27.1. The predicted molar refractivity (Wildman–Crippen MR) is 154 cm³/mol. The van der Waals surface area contributed by atoms with Gasteiger partial charge in [0.25, 0.3) is 5.69 Å². The summed E-state index contributed by atoms with van der Waals surface area (Å²) in [4.78, 5) is 55.6. The third-order valence-electron chi connectivity index (χ3n) is 7.00. The van der Waals surface area contributed by atoms with Crippen LogP contribution in [-0.2, 0) is 16.2 Å². The largest absolute Gasteiger partial charge is 0.497 e. The number of imide groups is 1. The van der Waals surface area contributed by atoms with Crippen molar-refractivity contribution in [1.82, 2.24) is 4.98 Å². The summed E-state index contributed by atoms with van der Waals surface area (Å²) in [6.07, 6.45) is 0. The average Bonchev–Trinajstić information content (AvgIpc) is 3.46. The molecule has 2 aliphatic rings. The number of nitrogens with one attached hydrogen (secondary N) is 1. The number of thiazole rings is 1. The van der Waals surface area contributed by atoms with E-state index in [1.165, 1.54) is 25.3 Å². The number of thioether (sulfide) groups is 1. The first-order valence-electron chi connectivity index (χ1n) is 12.3. The van der Waals surface area contributed by atoms with Gasteiger partial charge in [0.1, 0.15) is 23.4 Å². The molecule has 1 aromatic heterocycles. The first-order chi connectivity index (χ1) is 19.7. The molecule has 10 nitrogen and oxygen atoms in total. The van der Waals surface area contributed by atoms with E-state index in [0.717, 1.165) is 33.6 Å². The highest BCUT2D eigenvalue weighted by molar-refractivity contribution is 8.00. The Balaban J connectivity index is 1.46. The number of H-pyrrole nitrogens is 1. The summed E-state index contributed by atoms with van der Waals surface area (Å²) in [7, 11) is 1.52. The lowest BCUT2D eigenvalue weighted by molar-refractivity contribution is -0.385. The Labute approximate surface area is 246 Å². The van der Waals surface area contributed by atoms with Gasteiger partial charge in [-0.1, -0.05) is 46.8 Å². The van der Waals surface area contributed by atoms with E-state index in [1.54, 1.807) is 48.5 Å². The summed E-state index contributed by atoms with van der Waals surface area (Å²) in [5.41, 5.74) is 1.32. The fourth-order valence-corrected chi connectivity index (χ4v) is 7.74. The number of fused-ring (bicyclic) bond motifs is 2. The fraction of sp³-hybridized carbons (Fsp3) is 0.179. The number of anilines is 1. The molecule has 0 aliphatic carbocycles. The Kier molecular flexibility index (Phi) is 7.06. The Morgan fingerprint density at radius 1 is 1.02 bits per heavy atom. The number of ether oxygens (including phenoxy) is 2. The Morgan fingerprint density at radius 3 is 2.44 bits per heavy atom. The zero-order valence-corrected chi connectivity index (χ0v) is 23.6. The Bertz CT molecular complexity index is 1740. The quantitative estimate of drug-likeness (QED) is 0.168. The summed E-state index contributed by atoms with van der Waals surface area (Å²) >= 11 is 8.04. The molecule has 3 heterocycles. The molecule has 2 aliphatic heterocycles. The first-order valence-corrected chi connectivity index (χ1v) is 14.4. The van der Waals surface area contributed by atoms with E-state index in [0.29, 0.717) is 37.7 Å². The van der Waals surface area contributed by atoms with Gasteiger partial charge in [0, 0.05) is 33.5 Å². The van der Waals surface area contributed by atoms with Crippen LogP contribution in [0.1, 0.15) is 21.9 Å². The van der Waals surface area contributed by atoms with Crippen molar-refractivity contribution in [1.29, 1.82) is 0 Å². The molecular weight excluding hydrogens is 590 g/mol. The molecule has 3 aromatic carbocycles. The molecule has 208 valence electrons. The summed E-state index contributed by atoms with van der Waals surface area (Å²) in [5.74, 6) is -1.82. The van der Waals surface area contributed by atoms with Gasteiger partial charge in [-0.05, 0) is 48.0 Å². The zero-order valence-electron chi connectivity index (χ0n) is 21.2. The van der Waals surface area contributed by atoms with E-state index >= 15 is 0 Å². The van der Waals surface area contributed by atoms with Gasteiger partial charge in [-0.2, -0.15) is 0 Å². The Morgan fingerprint density at radius 2 is 1.76 bits per heavy atom. The maximum Gasteiger partial charge on any atom is 0.305 e. The minimum atomic E-state index is -0.937. The van der Waals surface area contributed by atoms with Gasteiger partial charge in [0.2, 0.25) is 11.8 Å². The second-order valence-electron chi connectivity index (χ2n) is 9.35. The fourth-order valence-electron chi connectivity index (χ4n) is 5.10. The summed E-state index contributed by atoms with van der Waals surface area (Å²) in [5, 5.41) is 12.0. The SMILES string of the molecule is COc1ccc(N2C(=O)C3Sc4[nH]c(=O)sc4[C@H](c4cc([N+](=O)[O-])ccc4OCc4ccc(Cl)cc4)C3C2=O)cc1. The average molecular weight is 610 g/mol. The molecule has 0 saturated carbocycles. The number of methoxy groups -OCH3 is 1. The molecule has 2 unspecified atom stereocenters. The Hall–Kier alpha value is -4.13. The normalized spacial score (nSPS) is 19.6. The van der Waals surface area contributed by atoms with Crippen molar-refractivity contribution >= 4 is 57.9 Å². The maximum atomic E-state index is 14.0. The van der Waals surface area contributed by atoms with E-state index in [9.17, 15) is 24.5 Å². The molecule has 0 spiro atoms. The molecule has 41 heavy (non-hydrogen) atoms. The zero-order chi connectivity index (χ0) is 28.8. The minimum Gasteiger partial charge on any atom is -0.497 e. The highest BCUT2D eigenvalue weighted by Gasteiger charge is 2.57. The number of non-ortho nitro benzene ring substituents is 1. The van der Waals surface area contributed by atoms with Gasteiger partial charge in [-0.15, -0.1) is 0 Å². The predicted octanol–water partition coefficient (Wildman–Crippen LogP) is 5.38. The second kappa shape index (κ2) is 10.7. The number of nitrogens with zero attached hydrogens (tertiary/aromatic N) is 2. The van der Waals surface area contributed by atoms with Crippen LogP contribution in [0.4, 0.5) is 11.4 Å². The second-order valence-corrected chi connectivity index (χ2v) is 12.0. The summed E-state index contributed by atoms with van der Waals surface area (Å²) in [6.45, 7) is 0.124. The van der Waals surface area contributed by atoms with E-state index in [-0.39, 0.29) is 17.2 Å². The monoisotopic (exact) mass is 609 g/mol.